The number of benzene rings is 2. The number of nitrogens with one attached hydrogen (secondary N) is 2. The molecule has 0 bridgehead atoms. The number of hydrogen-bond donors (Lipinski definition) is 3. The van der Waals surface area contributed by atoms with Gasteiger partial charge in [0.15, 0.2) is 0 Å². The Bertz CT molecular complexity index is 920. The lowest BCUT2D eigenvalue weighted by Crippen LogP contribution is -2.42. The van der Waals surface area contributed by atoms with Crippen LogP contribution in [-0.4, -0.2) is 23.0 Å². The molecule has 150 valence electrons. The molecule has 1 atom stereocenters. The maximum atomic E-state index is 12.4. The van der Waals surface area contributed by atoms with Gasteiger partial charge in [-0.1, -0.05) is 55.9 Å². The van der Waals surface area contributed by atoms with Crippen LogP contribution in [-0.2, 0) is 9.59 Å². The average molecular weight is 410 g/mol. The summed E-state index contributed by atoms with van der Waals surface area (Å²) in [6.45, 7) is 3.73. The van der Waals surface area contributed by atoms with Crippen LogP contribution in [0.4, 0.5) is 5.69 Å². The predicted octanol–water partition coefficient (Wildman–Crippen LogP) is 4.27. The molecule has 7 heteroatoms. The summed E-state index contributed by atoms with van der Waals surface area (Å²) in [5, 5.41) is 24.0. The first-order valence-electron chi connectivity index (χ1n) is 9.13. The number of nitrogens with zero attached hydrogens (tertiary/aromatic N) is 1. The normalized spacial score (nSPS) is 12.1. The standard InChI is InChI=1S/C22H23N3O3S/c1-15(2)12-19(22(27)28)25-21(26)16(13-23)14-24-18-10-6-7-11-20(18)29-17-8-4-3-5-9-17/h3-11,14-15,19,24H,12H2,1-2H3,(H,25,26)(H,27,28)/b16-14-. The number of amides is 1. The summed E-state index contributed by atoms with van der Waals surface area (Å²) in [5.74, 6) is -1.76. The molecule has 6 nitrogen and oxygen atoms in total. The molecule has 0 aliphatic rings. The van der Waals surface area contributed by atoms with E-state index in [1.165, 1.54) is 6.20 Å². The predicted molar refractivity (Wildman–Crippen MR) is 113 cm³/mol. The molecule has 1 unspecified atom stereocenters. The highest BCUT2D eigenvalue weighted by atomic mass is 32.2. The van der Waals surface area contributed by atoms with E-state index in [2.05, 4.69) is 10.6 Å². The van der Waals surface area contributed by atoms with Gasteiger partial charge >= 0.3 is 5.97 Å². The largest absolute Gasteiger partial charge is 0.480 e. The summed E-state index contributed by atoms with van der Waals surface area (Å²) in [7, 11) is 0. The SMILES string of the molecule is CC(C)CC(NC(=O)/C(C#N)=C\Nc1ccccc1Sc1ccccc1)C(=O)O. The molecular formula is C22H23N3O3S. The Morgan fingerprint density at radius 1 is 1.14 bits per heavy atom. The molecular weight excluding hydrogens is 386 g/mol. The molecule has 2 aromatic rings. The Kier molecular flexibility index (Phi) is 8.31. The Labute approximate surface area is 174 Å². The van der Waals surface area contributed by atoms with E-state index < -0.39 is 17.9 Å². The summed E-state index contributed by atoms with van der Waals surface area (Å²) in [4.78, 5) is 25.7. The molecule has 2 aromatic carbocycles. The zero-order chi connectivity index (χ0) is 21.2. The number of carboxylic acid groups (broad SMARTS) is 1. The van der Waals surface area contributed by atoms with Gasteiger partial charge in [-0.25, -0.2) is 4.79 Å². The maximum absolute atomic E-state index is 12.4. The molecule has 0 aliphatic heterocycles. The summed E-state index contributed by atoms with van der Waals surface area (Å²) in [6.07, 6.45) is 1.58. The quantitative estimate of drug-likeness (QED) is 0.422. The van der Waals surface area contributed by atoms with Crippen LogP contribution >= 0.6 is 11.8 Å². The Morgan fingerprint density at radius 3 is 2.41 bits per heavy atom. The van der Waals surface area contributed by atoms with E-state index in [9.17, 15) is 20.0 Å². The first-order chi connectivity index (χ1) is 13.9. The van der Waals surface area contributed by atoms with Crippen molar-refractivity contribution in [1.29, 1.82) is 5.26 Å². The van der Waals surface area contributed by atoms with Crippen molar-refractivity contribution in [2.45, 2.75) is 36.1 Å². The lowest BCUT2D eigenvalue weighted by atomic mass is 10.0. The van der Waals surface area contributed by atoms with Crippen molar-refractivity contribution < 1.29 is 14.7 Å². The first kappa shape index (κ1) is 22.1. The van der Waals surface area contributed by atoms with E-state index in [-0.39, 0.29) is 17.9 Å². The minimum absolute atomic E-state index is 0.0888. The molecule has 0 saturated heterocycles. The summed E-state index contributed by atoms with van der Waals surface area (Å²) in [5.41, 5.74) is 0.540. The van der Waals surface area contributed by atoms with Crippen molar-refractivity contribution in [3.8, 4) is 6.07 Å². The van der Waals surface area contributed by atoms with Gasteiger partial charge < -0.3 is 15.7 Å². The fraction of sp³-hybridized carbons (Fsp3) is 0.227. The van der Waals surface area contributed by atoms with Gasteiger partial charge in [-0.05, 0) is 36.6 Å². The van der Waals surface area contributed by atoms with E-state index in [4.69, 9.17) is 0 Å². The molecule has 29 heavy (non-hydrogen) atoms. The van der Waals surface area contributed by atoms with Crippen molar-refractivity contribution in [3.63, 3.8) is 0 Å². The number of aliphatic carboxylic acids is 1. The number of carboxylic acids is 1. The number of rotatable bonds is 9. The minimum atomic E-state index is -1.12. The maximum Gasteiger partial charge on any atom is 0.326 e. The Balaban J connectivity index is 2.13. The number of carbonyl (C=O) groups is 2. The van der Waals surface area contributed by atoms with Crippen LogP contribution in [0.2, 0.25) is 0 Å². The second kappa shape index (κ2) is 10.9. The third kappa shape index (κ3) is 7.01. The second-order valence-corrected chi connectivity index (χ2v) is 7.83. The average Bonchev–Trinajstić information content (AvgIpc) is 2.69. The summed E-state index contributed by atoms with van der Waals surface area (Å²) >= 11 is 1.55. The Hall–Kier alpha value is -3.24. The fourth-order valence-corrected chi connectivity index (χ4v) is 3.45. The molecule has 0 aromatic heterocycles. The first-order valence-corrected chi connectivity index (χ1v) is 9.94. The molecule has 0 saturated carbocycles. The molecule has 0 heterocycles. The molecule has 3 N–H and O–H groups in total. The van der Waals surface area contributed by atoms with Gasteiger partial charge in [-0.2, -0.15) is 5.26 Å². The van der Waals surface area contributed by atoms with Crippen LogP contribution in [0.5, 0.6) is 0 Å². The monoisotopic (exact) mass is 409 g/mol. The highest BCUT2D eigenvalue weighted by Crippen LogP contribution is 2.33. The van der Waals surface area contributed by atoms with Crippen LogP contribution in [0.3, 0.4) is 0 Å². The number of anilines is 1. The van der Waals surface area contributed by atoms with Crippen LogP contribution in [0, 0.1) is 17.2 Å². The van der Waals surface area contributed by atoms with E-state index in [1.807, 2.05) is 74.5 Å². The van der Waals surface area contributed by atoms with E-state index in [0.717, 1.165) is 15.5 Å². The molecule has 0 fully saturated rings. The van der Waals surface area contributed by atoms with Crippen LogP contribution in [0.1, 0.15) is 20.3 Å². The minimum Gasteiger partial charge on any atom is -0.480 e. The fourth-order valence-electron chi connectivity index (χ4n) is 2.52. The topological polar surface area (TPSA) is 102 Å². The van der Waals surface area contributed by atoms with E-state index in [0.29, 0.717) is 0 Å². The van der Waals surface area contributed by atoms with Gasteiger partial charge in [0.25, 0.3) is 5.91 Å². The van der Waals surface area contributed by atoms with Gasteiger partial charge in [0.05, 0.1) is 5.69 Å². The summed E-state index contributed by atoms with van der Waals surface area (Å²) < 4.78 is 0. The molecule has 0 aliphatic carbocycles. The van der Waals surface area contributed by atoms with E-state index in [1.54, 1.807) is 11.8 Å². The lowest BCUT2D eigenvalue weighted by Gasteiger charge is -2.16. The smallest absolute Gasteiger partial charge is 0.326 e. The van der Waals surface area contributed by atoms with Crippen molar-refractivity contribution in [2.75, 3.05) is 5.32 Å². The van der Waals surface area contributed by atoms with Crippen LogP contribution < -0.4 is 10.6 Å². The van der Waals surface area contributed by atoms with Crippen molar-refractivity contribution in [2.24, 2.45) is 5.92 Å². The highest BCUT2D eigenvalue weighted by molar-refractivity contribution is 7.99. The van der Waals surface area contributed by atoms with Gasteiger partial charge in [0, 0.05) is 16.0 Å². The van der Waals surface area contributed by atoms with Gasteiger partial charge in [-0.15, -0.1) is 0 Å². The zero-order valence-electron chi connectivity index (χ0n) is 16.3. The number of hydrogen-bond acceptors (Lipinski definition) is 5. The van der Waals surface area contributed by atoms with Crippen molar-refractivity contribution in [1.82, 2.24) is 5.32 Å². The number of carbonyl (C=O) groups excluding carboxylic acids is 1. The van der Waals surface area contributed by atoms with Crippen molar-refractivity contribution in [3.05, 3.63) is 66.4 Å². The Morgan fingerprint density at radius 2 is 1.79 bits per heavy atom. The molecule has 0 spiro atoms. The van der Waals surface area contributed by atoms with Crippen LogP contribution in [0.15, 0.2) is 76.2 Å². The second-order valence-electron chi connectivity index (χ2n) is 6.72. The highest BCUT2D eigenvalue weighted by Gasteiger charge is 2.22. The molecule has 0 radical (unpaired) electrons. The van der Waals surface area contributed by atoms with Crippen LogP contribution in [0.25, 0.3) is 0 Å². The third-order valence-electron chi connectivity index (χ3n) is 3.91. The number of para-hydroxylation sites is 1. The zero-order valence-corrected chi connectivity index (χ0v) is 17.1. The van der Waals surface area contributed by atoms with Crippen molar-refractivity contribution >= 4 is 29.3 Å². The van der Waals surface area contributed by atoms with Gasteiger partial charge in [0.2, 0.25) is 0 Å². The van der Waals surface area contributed by atoms with Gasteiger partial charge in [0.1, 0.15) is 17.7 Å². The van der Waals surface area contributed by atoms with E-state index >= 15 is 0 Å². The summed E-state index contributed by atoms with van der Waals surface area (Å²) in [6, 6.07) is 18.1. The third-order valence-corrected chi connectivity index (χ3v) is 4.99. The van der Waals surface area contributed by atoms with Gasteiger partial charge in [-0.3, -0.25) is 4.79 Å². The lowest BCUT2D eigenvalue weighted by molar-refractivity contribution is -0.141. The number of nitriles is 1. The molecule has 2 rings (SSSR count). The molecule has 1 amide bonds.